The van der Waals surface area contributed by atoms with Gasteiger partial charge in [-0.2, -0.15) is 0 Å². The Morgan fingerprint density at radius 2 is 2.16 bits per heavy atom. The Kier molecular flexibility index (Phi) is 4.03. The fourth-order valence-electron chi connectivity index (χ4n) is 3.72. The largest absolute Gasteiger partial charge is 0.361 e. The highest BCUT2D eigenvalue weighted by Gasteiger charge is 2.27. The number of hydrogen-bond acceptors (Lipinski definition) is 4. The first-order chi connectivity index (χ1) is 12.1. The molecule has 25 heavy (non-hydrogen) atoms. The number of nitrogens with zero attached hydrogens (tertiary/aromatic N) is 3. The van der Waals surface area contributed by atoms with Gasteiger partial charge in [0, 0.05) is 30.9 Å². The molecule has 6 nitrogen and oxygen atoms in total. The molecular formula is C19H22N4O2. The zero-order chi connectivity index (χ0) is 17.4. The van der Waals surface area contributed by atoms with Gasteiger partial charge in [0.1, 0.15) is 17.0 Å². The standard InChI is InChI=1S/C19H22N4O2/c1-12-17(13(2)25-22-12)19(24)23-7-4-14(5-8-23)9-15-10-16-3-6-20-18(16)21-11-15/h3,6,10-11,14H,4-5,7-9H2,1-2H3,(H,20,21). The van der Waals surface area contributed by atoms with E-state index in [1.165, 1.54) is 5.56 Å². The van der Waals surface area contributed by atoms with Crippen molar-refractivity contribution in [1.82, 2.24) is 20.0 Å². The number of hydrogen-bond donors (Lipinski definition) is 1. The van der Waals surface area contributed by atoms with Gasteiger partial charge in [-0.1, -0.05) is 5.16 Å². The van der Waals surface area contributed by atoms with Crippen molar-refractivity contribution in [3.05, 3.63) is 47.1 Å². The number of aromatic nitrogens is 3. The highest BCUT2D eigenvalue weighted by atomic mass is 16.5. The number of aryl methyl sites for hydroxylation is 2. The number of carbonyl (C=O) groups is 1. The summed E-state index contributed by atoms with van der Waals surface area (Å²) in [5.41, 5.74) is 3.50. The molecule has 6 heteroatoms. The number of amides is 1. The van der Waals surface area contributed by atoms with Crippen molar-refractivity contribution < 1.29 is 9.32 Å². The Balaban J connectivity index is 1.38. The molecule has 3 aromatic rings. The molecule has 1 amide bonds. The summed E-state index contributed by atoms with van der Waals surface area (Å²) in [5, 5.41) is 5.05. The topological polar surface area (TPSA) is 75.0 Å². The van der Waals surface area contributed by atoms with Crippen LogP contribution in [0.3, 0.4) is 0 Å². The molecule has 0 aliphatic carbocycles. The van der Waals surface area contributed by atoms with Crippen LogP contribution < -0.4 is 0 Å². The predicted molar refractivity (Wildman–Crippen MR) is 94.4 cm³/mol. The maximum atomic E-state index is 12.7. The summed E-state index contributed by atoms with van der Waals surface area (Å²) in [6.45, 7) is 5.19. The van der Waals surface area contributed by atoms with E-state index < -0.39 is 0 Å². The predicted octanol–water partition coefficient (Wildman–Crippen LogP) is 3.26. The Bertz CT molecular complexity index is 884. The number of pyridine rings is 1. The summed E-state index contributed by atoms with van der Waals surface area (Å²) in [5.74, 6) is 1.24. The number of aromatic amines is 1. The van der Waals surface area contributed by atoms with Crippen molar-refractivity contribution in [2.75, 3.05) is 13.1 Å². The van der Waals surface area contributed by atoms with E-state index >= 15 is 0 Å². The van der Waals surface area contributed by atoms with E-state index in [1.54, 1.807) is 6.92 Å². The molecule has 4 rings (SSSR count). The molecular weight excluding hydrogens is 316 g/mol. The molecule has 130 valence electrons. The number of nitrogens with one attached hydrogen (secondary N) is 1. The number of likely N-dealkylation sites (tertiary alicyclic amines) is 1. The third-order valence-electron chi connectivity index (χ3n) is 5.13. The van der Waals surface area contributed by atoms with E-state index in [0.29, 0.717) is 22.9 Å². The van der Waals surface area contributed by atoms with Crippen molar-refractivity contribution in [3.8, 4) is 0 Å². The second kappa shape index (κ2) is 6.35. The second-order valence-electron chi connectivity index (χ2n) is 6.90. The van der Waals surface area contributed by atoms with Crippen LogP contribution in [0.5, 0.6) is 0 Å². The van der Waals surface area contributed by atoms with Gasteiger partial charge in [-0.25, -0.2) is 4.98 Å². The summed E-state index contributed by atoms with van der Waals surface area (Å²) in [6.07, 6.45) is 6.92. The van der Waals surface area contributed by atoms with Gasteiger partial charge in [0.2, 0.25) is 0 Å². The molecule has 1 saturated heterocycles. The van der Waals surface area contributed by atoms with Crippen LogP contribution in [0.15, 0.2) is 29.0 Å². The lowest BCUT2D eigenvalue weighted by molar-refractivity contribution is 0.0688. The summed E-state index contributed by atoms with van der Waals surface area (Å²) < 4.78 is 5.13. The molecule has 3 aromatic heterocycles. The monoisotopic (exact) mass is 338 g/mol. The Morgan fingerprint density at radius 1 is 1.36 bits per heavy atom. The van der Waals surface area contributed by atoms with Crippen LogP contribution in [-0.2, 0) is 6.42 Å². The van der Waals surface area contributed by atoms with Crippen molar-refractivity contribution in [2.45, 2.75) is 33.1 Å². The van der Waals surface area contributed by atoms with E-state index in [9.17, 15) is 4.79 Å². The SMILES string of the molecule is Cc1noc(C)c1C(=O)N1CCC(Cc2cnc3[nH]ccc3c2)CC1. The number of rotatable bonds is 3. The third kappa shape index (κ3) is 3.04. The third-order valence-corrected chi connectivity index (χ3v) is 5.13. The molecule has 1 fully saturated rings. The van der Waals surface area contributed by atoms with E-state index in [4.69, 9.17) is 4.52 Å². The van der Waals surface area contributed by atoms with Crippen LogP contribution in [0, 0.1) is 19.8 Å². The number of fused-ring (bicyclic) bond motifs is 1. The first-order valence-corrected chi connectivity index (χ1v) is 8.76. The van der Waals surface area contributed by atoms with E-state index in [2.05, 4.69) is 27.3 Å². The summed E-state index contributed by atoms with van der Waals surface area (Å²) in [4.78, 5) is 22.2. The molecule has 0 bridgehead atoms. The molecule has 1 aliphatic rings. The van der Waals surface area contributed by atoms with Gasteiger partial charge in [0.15, 0.2) is 0 Å². The minimum Gasteiger partial charge on any atom is -0.361 e. The fraction of sp³-hybridized carbons (Fsp3) is 0.421. The highest BCUT2D eigenvalue weighted by Crippen LogP contribution is 2.25. The van der Waals surface area contributed by atoms with Crippen molar-refractivity contribution in [1.29, 1.82) is 0 Å². The molecule has 1 aliphatic heterocycles. The van der Waals surface area contributed by atoms with Gasteiger partial charge >= 0.3 is 0 Å². The van der Waals surface area contributed by atoms with Crippen molar-refractivity contribution >= 4 is 16.9 Å². The van der Waals surface area contributed by atoms with Crippen LogP contribution >= 0.6 is 0 Å². The molecule has 0 radical (unpaired) electrons. The Morgan fingerprint density at radius 3 is 2.88 bits per heavy atom. The molecule has 1 N–H and O–H groups in total. The summed E-state index contributed by atoms with van der Waals surface area (Å²) in [7, 11) is 0. The van der Waals surface area contributed by atoms with E-state index in [1.807, 2.05) is 24.2 Å². The quantitative estimate of drug-likeness (QED) is 0.795. The lowest BCUT2D eigenvalue weighted by Gasteiger charge is -2.32. The average molecular weight is 338 g/mol. The first-order valence-electron chi connectivity index (χ1n) is 8.76. The van der Waals surface area contributed by atoms with Crippen molar-refractivity contribution in [3.63, 3.8) is 0 Å². The van der Waals surface area contributed by atoms with Crippen LogP contribution in [0.25, 0.3) is 11.0 Å². The number of H-pyrrole nitrogens is 1. The van der Waals surface area contributed by atoms with Gasteiger partial charge < -0.3 is 14.4 Å². The summed E-state index contributed by atoms with van der Waals surface area (Å²) in [6, 6.07) is 4.26. The second-order valence-corrected chi connectivity index (χ2v) is 6.90. The number of piperidine rings is 1. The van der Waals surface area contributed by atoms with Gasteiger partial charge in [-0.3, -0.25) is 4.79 Å². The number of carbonyl (C=O) groups excluding carboxylic acids is 1. The molecule has 0 unspecified atom stereocenters. The minimum absolute atomic E-state index is 0.0464. The summed E-state index contributed by atoms with van der Waals surface area (Å²) >= 11 is 0. The maximum absolute atomic E-state index is 12.7. The van der Waals surface area contributed by atoms with Gasteiger partial charge in [0.05, 0.1) is 5.69 Å². The highest BCUT2D eigenvalue weighted by molar-refractivity contribution is 5.96. The normalized spacial score (nSPS) is 15.8. The fourth-order valence-corrected chi connectivity index (χ4v) is 3.72. The molecule has 0 spiro atoms. The Hall–Kier alpha value is -2.63. The van der Waals surface area contributed by atoms with Crippen LogP contribution in [0.2, 0.25) is 0 Å². The molecule has 0 saturated carbocycles. The van der Waals surface area contributed by atoms with Gasteiger partial charge in [-0.15, -0.1) is 0 Å². The van der Waals surface area contributed by atoms with Crippen molar-refractivity contribution in [2.24, 2.45) is 5.92 Å². The molecule has 0 aromatic carbocycles. The lowest BCUT2D eigenvalue weighted by Crippen LogP contribution is -2.39. The first kappa shape index (κ1) is 15.9. The zero-order valence-corrected chi connectivity index (χ0v) is 14.6. The Labute approximate surface area is 146 Å². The van der Waals surface area contributed by atoms with Crippen LogP contribution in [0.4, 0.5) is 0 Å². The molecule has 0 atom stereocenters. The van der Waals surface area contributed by atoms with Gasteiger partial charge in [0.25, 0.3) is 5.91 Å². The maximum Gasteiger partial charge on any atom is 0.259 e. The van der Waals surface area contributed by atoms with E-state index in [-0.39, 0.29) is 5.91 Å². The van der Waals surface area contributed by atoms with Crippen LogP contribution in [-0.4, -0.2) is 39.0 Å². The van der Waals surface area contributed by atoms with E-state index in [0.717, 1.165) is 43.4 Å². The minimum atomic E-state index is 0.0464. The van der Waals surface area contributed by atoms with Crippen LogP contribution in [0.1, 0.15) is 40.2 Å². The smallest absolute Gasteiger partial charge is 0.259 e. The lowest BCUT2D eigenvalue weighted by atomic mass is 9.90. The average Bonchev–Trinajstić information content (AvgIpc) is 3.21. The zero-order valence-electron chi connectivity index (χ0n) is 14.6. The molecule has 4 heterocycles. The van der Waals surface area contributed by atoms with Gasteiger partial charge in [-0.05, 0) is 56.7 Å².